The third kappa shape index (κ3) is 5.79. The van der Waals surface area contributed by atoms with E-state index in [4.69, 9.17) is 23.6 Å². The van der Waals surface area contributed by atoms with Crippen LogP contribution in [0.4, 0.5) is 0 Å². The van der Waals surface area contributed by atoms with Gasteiger partial charge in [-0.05, 0) is 68.8 Å². The fourth-order valence-corrected chi connectivity index (χ4v) is 6.69. The molecule has 0 saturated heterocycles. The molecule has 4 aromatic carbocycles. The van der Waals surface area contributed by atoms with Crippen LogP contribution in [-0.4, -0.2) is 9.97 Å². The standard InChI is InChI=1S/C44H28N4.O.V/c1-5-13-29(14-6-1)41-33-21-23-35(45-33)42(30-15-7-2-8-16-30)37-25-27-39(47-37)44(32-19-11-4-12-20-32)40-28-26-38(48-40)43(31-17-9-3-10-18-31)36-24-22-34(41)46-36;;/h1-28H;;/q-2;;+2. The summed E-state index contributed by atoms with van der Waals surface area (Å²) in [4.78, 5) is 21.2. The zero-order valence-corrected chi connectivity index (χ0v) is 28.2. The Morgan fingerprint density at radius 1 is 0.320 bits per heavy atom. The van der Waals surface area contributed by atoms with Gasteiger partial charge in [0.25, 0.3) is 0 Å². The van der Waals surface area contributed by atoms with Crippen LogP contribution in [0, 0.1) is 0 Å². The summed E-state index contributed by atoms with van der Waals surface area (Å²) in [5.74, 6) is 0. The van der Waals surface area contributed by atoms with Gasteiger partial charge in [0, 0.05) is 0 Å². The first-order chi connectivity index (χ1) is 24.8. The average molecular weight is 680 g/mol. The number of benzene rings is 4. The van der Waals surface area contributed by atoms with Crippen molar-refractivity contribution >= 4 is 46.4 Å². The van der Waals surface area contributed by atoms with Gasteiger partial charge in [0.2, 0.25) is 0 Å². The molecule has 0 atom stereocenters. The van der Waals surface area contributed by atoms with Gasteiger partial charge >= 0.3 is 21.0 Å². The molecule has 0 spiro atoms. The van der Waals surface area contributed by atoms with E-state index in [1.165, 1.54) is 0 Å². The molecule has 5 nitrogen and oxygen atoms in total. The number of aromatic nitrogens is 4. The van der Waals surface area contributed by atoms with Gasteiger partial charge in [-0.15, -0.1) is 22.1 Å². The molecule has 0 aliphatic carbocycles. The van der Waals surface area contributed by atoms with Crippen LogP contribution < -0.4 is 9.97 Å². The van der Waals surface area contributed by atoms with Gasteiger partial charge in [0.15, 0.2) is 0 Å². The van der Waals surface area contributed by atoms with Crippen molar-refractivity contribution in [3.63, 3.8) is 0 Å². The molecule has 235 valence electrons. The quantitative estimate of drug-likeness (QED) is 0.185. The van der Waals surface area contributed by atoms with E-state index in [0.717, 1.165) is 107 Å². The molecule has 0 N–H and O–H groups in total. The maximum absolute atomic E-state index is 8.19. The van der Waals surface area contributed by atoms with Crippen molar-refractivity contribution in [2.45, 2.75) is 0 Å². The molecular weight excluding hydrogens is 651 g/mol. The molecule has 9 rings (SSSR count). The van der Waals surface area contributed by atoms with Gasteiger partial charge in [-0.2, -0.15) is 0 Å². The Morgan fingerprint density at radius 2 is 0.540 bits per heavy atom. The van der Waals surface area contributed by atoms with E-state index in [1.54, 1.807) is 0 Å². The molecule has 5 heterocycles. The van der Waals surface area contributed by atoms with E-state index in [-0.39, 0.29) is 0 Å². The summed E-state index contributed by atoms with van der Waals surface area (Å²) in [5.41, 5.74) is 15.0. The number of hydrogen-bond acceptors (Lipinski definition) is 3. The second kappa shape index (κ2) is 13.8. The molecule has 2 aliphatic heterocycles. The van der Waals surface area contributed by atoms with Crippen molar-refractivity contribution in [1.82, 2.24) is 19.9 Å². The van der Waals surface area contributed by atoms with E-state index in [2.05, 4.69) is 146 Å². The molecular formula is C44H28N4OV. The maximum atomic E-state index is 8.19. The molecule has 0 unspecified atom stereocenters. The molecule has 6 heteroatoms. The summed E-state index contributed by atoms with van der Waals surface area (Å²) in [6.45, 7) is 0. The molecule has 2 aliphatic rings. The molecule has 0 saturated carbocycles. The molecule has 0 fully saturated rings. The Hall–Kier alpha value is -6.14. The van der Waals surface area contributed by atoms with Crippen molar-refractivity contribution in [3.8, 4) is 44.5 Å². The molecule has 3 aromatic heterocycles. The van der Waals surface area contributed by atoms with Crippen molar-refractivity contribution in [2.24, 2.45) is 0 Å². The van der Waals surface area contributed by atoms with Gasteiger partial charge in [0.05, 0.1) is 22.8 Å². The van der Waals surface area contributed by atoms with E-state index in [1.807, 2.05) is 24.3 Å². The van der Waals surface area contributed by atoms with E-state index < -0.39 is 0 Å². The van der Waals surface area contributed by atoms with Gasteiger partial charge in [-0.25, -0.2) is 9.97 Å². The van der Waals surface area contributed by atoms with Gasteiger partial charge in [0.1, 0.15) is 0 Å². The summed E-state index contributed by atoms with van der Waals surface area (Å²) >= 11 is 1.06. The van der Waals surface area contributed by atoms with Crippen LogP contribution in [0.5, 0.6) is 0 Å². The van der Waals surface area contributed by atoms with Crippen LogP contribution in [0.2, 0.25) is 0 Å². The summed E-state index contributed by atoms with van der Waals surface area (Å²) in [7, 11) is 0. The second-order valence-electron chi connectivity index (χ2n) is 11.8. The minimum absolute atomic E-state index is 0.861. The number of fused-ring (bicyclic) bond motifs is 8. The fourth-order valence-electron chi connectivity index (χ4n) is 6.69. The zero-order valence-electron chi connectivity index (χ0n) is 26.8. The third-order valence-electron chi connectivity index (χ3n) is 8.86. The summed E-state index contributed by atoms with van der Waals surface area (Å²) in [5, 5.41) is 0. The monoisotopic (exact) mass is 679 g/mol. The Bertz CT molecular complexity index is 2210. The molecule has 8 bridgehead atoms. The number of nitrogens with zero attached hydrogens (tertiary/aromatic N) is 4. The van der Waals surface area contributed by atoms with Crippen molar-refractivity contribution in [3.05, 3.63) is 168 Å². The first kappa shape index (κ1) is 31.2. The van der Waals surface area contributed by atoms with E-state index in [0.29, 0.717) is 0 Å². The van der Waals surface area contributed by atoms with Crippen molar-refractivity contribution in [1.29, 1.82) is 0 Å². The minimum atomic E-state index is 0.861. The Labute approximate surface area is 299 Å². The van der Waals surface area contributed by atoms with Crippen LogP contribution in [0.15, 0.2) is 146 Å². The van der Waals surface area contributed by atoms with E-state index >= 15 is 0 Å². The summed E-state index contributed by atoms with van der Waals surface area (Å²) in [6.07, 6.45) is 8.41. The normalized spacial score (nSPS) is 11.6. The summed E-state index contributed by atoms with van der Waals surface area (Å²) < 4.78 is 8.19. The Balaban J connectivity index is 0.00000177. The van der Waals surface area contributed by atoms with Crippen LogP contribution in [-0.2, 0) is 21.0 Å². The molecule has 0 radical (unpaired) electrons. The third-order valence-corrected chi connectivity index (χ3v) is 8.86. The molecule has 0 amide bonds. The Morgan fingerprint density at radius 3 is 0.760 bits per heavy atom. The second-order valence-corrected chi connectivity index (χ2v) is 11.8. The van der Waals surface area contributed by atoms with Gasteiger partial charge in [-0.3, -0.25) is 0 Å². The average Bonchev–Trinajstić information content (AvgIpc) is 4.02. The zero-order chi connectivity index (χ0) is 33.9. The van der Waals surface area contributed by atoms with Gasteiger partial charge < -0.3 is 9.97 Å². The molecule has 50 heavy (non-hydrogen) atoms. The van der Waals surface area contributed by atoms with Crippen molar-refractivity contribution in [2.75, 3.05) is 0 Å². The van der Waals surface area contributed by atoms with Gasteiger partial charge in [-0.1, -0.05) is 146 Å². The first-order valence-corrected chi connectivity index (χ1v) is 16.8. The predicted octanol–water partition coefficient (Wildman–Crippen LogP) is 10.5. The topological polar surface area (TPSA) is 71.1 Å². The van der Waals surface area contributed by atoms with Crippen LogP contribution in [0.25, 0.3) is 90.9 Å². The Kier molecular flexibility index (Phi) is 8.58. The first-order valence-electron chi connectivity index (χ1n) is 16.3. The number of hydrogen-bond donors (Lipinski definition) is 0. The molecule has 7 aromatic rings. The van der Waals surface area contributed by atoms with Crippen LogP contribution in [0.1, 0.15) is 22.8 Å². The number of rotatable bonds is 4. The predicted molar refractivity (Wildman–Crippen MR) is 199 cm³/mol. The SMILES string of the molecule is C1=Cc2nc1c(-c1ccccc1)c1ccc([n-]1)c(-c1ccccc1)c1nc(c(-c3ccccc3)c3ccc([n-]3)c2-c2ccccc2)C=C1.[O]=[V+2]. The van der Waals surface area contributed by atoms with Crippen LogP contribution in [0.3, 0.4) is 0 Å². The summed E-state index contributed by atoms with van der Waals surface area (Å²) in [6, 6.07) is 50.0. The van der Waals surface area contributed by atoms with Crippen molar-refractivity contribution < 1.29 is 21.0 Å². The fraction of sp³-hybridized carbons (Fsp3) is 0. The van der Waals surface area contributed by atoms with Crippen LogP contribution >= 0.6 is 0 Å². The van der Waals surface area contributed by atoms with E-state index in [9.17, 15) is 0 Å².